The van der Waals surface area contributed by atoms with Crippen LogP contribution in [0.5, 0.6) is 0 Å². The first kappa shape index (κ1) is 24.5. The molecule has 1 amide bonds. The number of fused-ring (bicyclic) bond motifs is 3. The number of benzene rings is 2. The van der Waals surface area contributed by atoms with E-state index in [0.29, 0.717) is 6.42 Å². The zero-order chi connectivity index (χ0) is 22.9. The summed E-state index contributed by atoms with van der Waals surface area (Å²) < 4.78 is 6.46. The number of hydrogen-bond donors (Lipinski definition) is 2. The number of nitrogens with one attached hydrogen (secondary N) is 1. The zero-order valence-electron chi connectivity index (χ0n) is 18.4. The van der Waals surface area contributed by atoms with Gasteiger partial charge in [-0.05, 0) is 61.0 Å². The van der Waals surface area contributed by atoms with Crippen LogP contribution in [0.3, 0.4) is 0 Å². The molecule has 0 saturated carbocycles. The molecule has 1 atom stereocenters. The Morgan fingerprint density at radius 3 is 2.25 bits per heavy atom. The molecule has 172 valence electrons. The smallest absolute Gasteiger partial charge is 0.407 e. The molecule has 0 heterocycles. The second-order valence-corrected chi connectivity index (χ2v) is 8.78. The lowest BCUT2D eigenvalue weighted by Crippen LogP contribution is -2.41. The van der Waals surface area contributed by atoms with E-state index in [1.54, 1.807) is 0 Å². The van der Waals surface area contributed by atoms with Crippen molar-refractivity contribution in [3.63, 3.8) is 0 Å². The number of hydrogen-bond acceptors (Lipinski definition) is 4. The van der Waals surface area contributed by atoms with E-state index < -0.39 is 18.1 Å². The van der Waals surface area contributed by atoms with Crippen molar-refractivity contribution in [2.75, 3.05) is 24.2 Å². The van der Waals surface area contributed by atoms with Gasteiger partial charge < -0.3 is 15.2 Å². The summed E-state index contributed by atoms with van der Waals surface area (Å²) in [5.41, 5.74) is 4.57. The minimum Gasteiger partial charge on any atom is -0.480 e. The fourth-order valence-electron chi connectivity index (χ4n) is 4.27. The Morgan fingerprint density at radius 1 is 1.06 bits per heavy atom. The Bertz CT molecular complexity index is 875. The van der Waals surface area contributed by atoms with Crippen molar-refractivity contribution < 1.29 is 19.4 Å². The lowest BCUT2D eigenvalue weighted by atomic mass is 9.98. The molecule has 2 N–H and O–H groups in total. The van der Waals surface area contributed by atoms with Crippen LogP contribution in [-0.4, -0.2) is 52.4 Å². The van der Waals surface area contributed by atoms with E-state index >= 15 is 0 Å². The van der Waals surface area contributed by atoms with Gasteiger partial charge in [-0.2, -0.15) is 0 Å². The summed E-state index contributed by atoms with van der Waals surface area (Å²) in [6.45, 7) is 4.31. The molecule has 32 heavy (non-hydrogen) atoms. The molecule has 0 spiro atoms. The molecule has 2 aromatic rings. The first-order valence-electron chi connectivity index (χ1n) is 11.2. The molecule has 0 unspecified atom stereocenters. The Kier molecular flexibility index (Phi) is 9.35. The van der Waals surface area contributed by atoms with E-state index in [-0.39, 0.29) is 12.5 Å². The molecule has 0 bridgehead atoms. The van der Waals surface area contributed by atoms with Crippen molar-refractivity contribution in [3.8, 4) is 11.1 Å². The van der Waals surface area contributed by atoms with Crippen molar-refractivity contribution in [3.05, 3.63) is 59.7 Å². The first-order chi connectivity index (χ1) is 15.5. The van der Waals surface area contributed by atoms with Gasteiger partial charge in [0, 0.05) is 5.92 Å². The number of rotatable bonds is 12. The summed E-state index contributed by atoms with van der Waals surface area (Å²) >= 11 is 2.35. The highest BCUT2D eigenvalue weighted by atomic mass is 127. The van der Waals surface area contributed by atoms with Crippen LogP contribution in [0, 0.1) is 0 Å². The van der Waals surface area contributed by atoms with Gasteiger partial charge in [0.15, 0.2) is 0 Å². The maximum atomic E-state index is 12.4. The van der Waals surface area contributed by atoms with Gasteiger partial charge in [-0.15, -0.1) is 0 Å². The molecule has 0 radical (unpaired) electrons. The molecule has 0 aliphatic heterocycles. The average Bonchev–Trinajstić information content (AvgIpc) is 3.12. The predicted octanol–water partition coefficient (Wildman–Crippen LogP) is 5.25. The molecule has 2 aromatic carbocycles. The van der Waals surface area contributed by atoms with Gasteiger partial charge in [-0.1, -0.05) is 78.0 Å². The number of aliphatic carboxylic acids is 1. The monoisotopic (exact) mass is 550 g/mol. The van der Waals surface area contributed by atoms with E-state index in [9.17, 15) is 14.7 Å². The third kappa shape index (κ3) is 6.22. The van der Waals surface area contributed by atoms with Crippen LogP contribution in [0.15, 0.2) is 48.5 Å². The third-order valence-corrected chi connectivity index (χ3v) is 6.82. The van der Waals surface area contributed by atoms with Gasteiger partial charge in [0.2, 0.25) is 0 Å². The predicted molar refractivity (Wildman–Crippen MR) is 134 cm³/mol. The lowest BCUT2D eigenvalue weighted by Gasteiger charge is -2.19. The highest BCUT2D eigenvalue weighted by Crippen LogP contribution is 2.44. The normalized spacial score (nSPS) is 13.5. The van der Waals surface area contributed by atoms with Gasteiger partial charge in [0.05, 0.1) is 4.55 Å². The van der Waals surface area contributed by atoms with Crippen molar-refractivity contribution in [1.82, 2.24) is 10.2 Å². The van der Waals surface area contributed by atoms with Gasteiger partial charge >= 0.3 is 12.1 Å². The fraction of sp³-hybridized carbons (Fsp3) is 0.440. The standard InChI is InChI=1S/C25H31IN2O4/c1-2-14-28(17-26)15-8-7-13-23(24(29)30)27-25(31)32-16-22-20-11-5-3-9-18(20)19-10-4-6-12-21(19)22/h3-6,9-12,22-23H,2,7-8,13-17H2,1H3,(H,27,31)(H,29,30)/t23-/m0/s1. The average molecular weight is 550 g/mol. The van der Waals surface area contributed by atoms with Crippen molar-refractivity contribution in [2.45, 2.75) is 44.6 Å². The largest absolute Gasteiger partial charge is 0.480 e. The van der Waals surface area contributed by atoms with Gasteiger partial charge in [0.1, 0.15) is 12.6 Å². The summed E-state index contributed by atoms with van der Waals surface area (Å²) in [6.07, 6.45) is 2.45. The van der Waals surface area contributed by atoms with E-state index in [2.05, 4.69) is 64.0 Å². The van der Waals surface area contributed by atoms with Crippen LogP contribution in [0.25, 0.3) is 11.1 Å². The molecule has 6 nitrogen and oxygen atoms in total. The van der Waals surface area contributed by atoms with Gasteiger partial charge in [-0.25, -0.2) is 9.59 Å². The zero-order valence-corrected chi connectivity index (χ0v) is 20.6. The molecule has 7 heteroatoms. The summed E-state index contributed by atoms with van der Waals surface area (Å²) in [6, 6.07) is 15.3. The van der Waals surface area contributed by atoms with E-state index in [1.807, 2.05) is 24.3 Å². The van der Waals surface area contributed by atoms with Crippen LogP contribution in [-0.2, 0) is 9.53 Å². The molecule has 1 aliphatic rings. The Labute approximate surface area is 203 Å². The van der Waals surface area contributed by atoms with Crippen LogP contribution < -0.4 is 5.32 Å². The first-order valence-corrected chi connectivity index (χ1v) is 12.7. The van der Waals surface area contributed by atoms with Gasteiger partial charge in [-0.3, -0.25) is 4.90 Å². The van der Waals surface area contributed by atoms with E-state index in [1.165, 1.54) is 0 Å². The summed E-state index contributed by atoms with van der Waals surface area (Å²) in [5.74, 6) is -1.08. The van der Waals surface area contributed by atoms with Crippen molar-refractivity contribution in [1.29, 1.82) is 0 Å². The fourth-order valence-corrected chi connectivity index (χ4v) is 4.95. The maximum Gasteiger partial charge on any atom is 0.407 e. The van der Waals surface area contributed by atoms with Crippen LogP contribution in [0.1, 0.15) is 49.7 Å². The number of carbonyl (C=O) groups excluding carboxylic acids is 1. The van der Waals surface area contributed by atoms with Crippen molar-refractivity contribution >= 4 is 34.7 Å². The minimum atomic E-state index is -1.03. The summed E-state index contributed by atoms with van der Waals surface area (Å²) in [5, 5.41) is 12.1. The van der Waals surface area contributed by atoms with Crippen LogP contribution >= 0.6 is 22.6 Å². The Hall–Kier alpha value is -2.13. The number of alkyl halides is 1. The third-order valence-electron chi connectivity index (χ3n) is 5.86. The van der Waals surface area contributed by atoms with Gasteiger partial charge in [0.25, 0.3) is 0 Å². The lowest BCUT2D eigenvalue weighted by molar-refractivity contribution is -0.139. The van der Waals surface area contributed by atoms with Crippen molar-refractivity contribution in [2.24, 2.45) is 0 Å². The summed E-state index contributed by atoms with van der Waals surface area (Å²) in [7, 11) is 0. The SMILES string of the molecule is CCCN(CI)CCCC[C@H](NC(=O)OCC1c2ccccc2-c2ccccc21)C(=O)O. The number of nitrogens with zero attached hydrogens (tertiary/aromatic N) is 1. The van der Waals surface area contributed by atoms with Crippen LogP contribution in [0.2, 0.25) is 0 Å². The number of carbonyl (C=O) groups is 2. The number of amides is 1. The quantitative estimate of drug-likeness (QED) is 0.163. The molecular weight excluding hydrogens is 519 g/mol. The molecular formula is C25H31IN2O4. The molecule has 3 rings (SSSR count). The maximum absolute atomic E-state index is 12.4. The number of halogens is 1. The number of carboxylic acids is 1. The van der Waals surface area contributed by atoms with E-state index in [0.717, 1.165) is 59.2 Å². The topological polar surface area (TPSA) is 78.9 Å². The molecule has 0 aromatic heterocycles. The number of ether oxygens (including phenoxy) is 1. The highest BCUT2D eigenvalue weighted by Gasteiger charge is 2.29. The second kappa shape index (κ2) is 12.2. The summed E-state index contributed by atoms with van der Waals surface area (Å²) in [4.78, 5) is 26.4. The van der Waals surface area contributed by atoms with E-state index in [4.69, 9.17) is 4.74 Å². The Balaban J connectivity index is 1.51. The molecule has 1 aliphatic carbocycles. The van der Waals surface area contributed by atoms with Crippen LogP contribution in [0.4, 0.5) is 4.79 Å². The molecule has 0 fully saturated rings. The number of unbranched alkanes of at least 4 members (excludes halogenated alkanes) is 1. The Morgan fingerprint density at radius 2 is 1.69 bits per heavy atom. The number of carboxylic acid groups (broad SMARTS) is 1. The second-order valence-electron chi connectivity index (χ2n) is 8.09. The molecule has 0 saturated heterocycles. The highest BCUT2D eigenvalue weighted by molar-refractivity contribution is 14.1. The number of alkyl carbamates (subject to hydrolysis) is 1. The minimum absolute atomic E-state index is 0.0470.